The molecule has 0 aromatic carbocycles. The first kappa shape index (κ1) is 23.1. The number of hydrogen-bond donors (Lipinski definition) is 3. The van der Waals surface area contributed by atoms with Crippen molar-refractivity contribution in [3.63, 3.8) is 0 Å². The zero-order valence-corrected chi connectivity index (χ0v) is 19.0. The maximum absolute atomic E-state index is 14.9. The van der Waals surface area contributed by atoms with E-state index in [1.165, 1.54) is 6.20 Å². The topological polar surface area (TPSA) is 96.2 Å². The van der Waals surface area contributed by atoms with Crippen LogP contribution in [0, 0.1) is 0 Å². The van der Waals surface area contributed by atoms with Gasteiger partial charge in [0.25, 0.3) is 12.3 Å². The number of rotatable bonds is 7. The van der Waals surface area contributed by atoms with Gasteiger partial charge in [-0.3, -0.25) is 9.20 Å². The number of fused-ring (bicyclic) bond motifs is 2. The quantitative estimate of drug-likeness (QED) is 0.467. The summed E-state index contributed by atoms with van der Waals surface area (Å²) in [5, 5.41) is 8.48. The van der Waals surface area contributed by atoms with Crippen molar-refractivity contribution in [2.24, 2.45) is 0 Å². The summed E-state index contributed by atoms with van der Waals surface area (Å²) >= 11 is 0. The van der Waals surface area contributed by atoms with E-state index in [-0.39, 0.29) is 12.2 Å². The number of pyridine rings is 1. The summed E-state index contributed by atoms with van der Waals surface area (Å²) in [6.45, 7) is -0.0229. The highest BCUT2D eigenvalue weighted by Crippen LogP contribution is 2.33. The fourth-order valence-corrected chi connectivity index (χ4v) is 4.60. The fraction of sp³-hybridized carbons (Fsp3) is 0.417. The van der Waals surface area contributed by atoms with Gasteiger partial charge in [-0.05, 0) is 36.1 Å². The first-order valence-corrected chi connectivity index (χ1v) is 11.7. The van der Waals surface area contributed by atoms with Gasteiger partial charge >= 0.3 is 0 Å². The molecule has 4 heterocycles. The molecular weight excluding hydrogens is 459 g/mol. The number of amides is 1. The summed E-state index contributed by atoms with van der Waals surface area (Å²) in [6, 6.07) is 3.62. The first-order valence-electron chi connectivity index (χ1n) is 11.7. The Bertz CT molecular complexity index is 1270. The van der Waals surface area contributed by atoms with Gasteiger partial charge in [0, 0.05) is 24.5 Å². The number of aromatic nitrogens is 4. The third-order valence-electron chi connectivity index (χ3n) is 6.43. The van der Waals surface area contributed by atoms with Crippen LogP contribution in [0.5, 0.6) is 0 Å². The SMILES string of the molecule is O=C(NCC(F)F)c1cnc2ccc(C3=CCNc4nc(NCC5(F)CCCCC5)ncc43)cn12. The van der Waals surface area contributed by atoms with E-state index in [9.17, 15) is 18.0 Å². The van der Waals surface area contributed by atoms with E-state index in [1.54, 1.807) is 22.9 Å². The molecule has 3 aromatic heterocycles. The Morgan fingerprint density at radius 3 is 2.80 bits per heavy atom. The number of alkyl halides is 3. The molecule has 35 heavy (non-hydrogen) atoms. The van der Waals surface area contributed by atoms with Crippen LogP contribution >= 0.6 is 0 Å². The van der Waals surface area contributed by atoms with Crippen molar-refractivity contribution in [2.45, 2.75) is 44.2 Å². The molecule has 1 fully saturated rings. The molecule has 0 radical (unpaired) electrons. The predicted molar refractivity (Wildman–Crippen MR) is 127 cm³/mol. The third kappa shape index (κ3) is 4.94. The summed E-state index contributed by atoms with van der Waals surface area (Å²) in [4.78, 5) is 25.5. The summed E-state index contributed by atoms with van der Waals surface area (Å²) in [5.74, 6) is 0.359. The smallest absolute Gasteiger partial charge is 0.270 e. The van der Waals surface area contributed by atoms with Crippen LogP contribution in [0.1, 0.15) is 53.7 Å². The van der Waals surface area contributed by atoms with Gasteiger partial charge in [-0.15, -0.1) is 0 Å². The van der Waals surface area contributed by atoms with Crippen LogP contribution in [0.25, 0.3) is 11.2 Å². The van der Waals surface area contributed by atoms with Crippen molar-refractivity contribution in [3.05, 3.63) is 53.6 Å². The number of carbonyl (C=O) groups is 1. The van der Waals surface area contributed by atoms with E-state index in [0.29, 0.717) is 36.8 Å². The Morgan fingerprint density at radius 1 is 1.17 bits per heavy atom. The summed E-state index contributed by atoms with van der Waals surface area (Å²) in [7, 11) is 0. The van der Waals surface area contributed by atoms with E-state index in [1.807, 2.05) is 12.1 Å². The van der Waals surface area contributed by atoms with Crippen molar-refractivity contribution in [1.29, 1.82) is 0 Å². The van der Waals surface area contributed by atoms with E-state index in [4.69, 9.17) is 0 Å². The minimum Gasteiger partial charge on any atom is -0.366 e. The zero-order chi connectivity index (χ0) is 24.4. The minimum absolute atomic E-state index is 0.163. The average molecular weight is 486 g/mol. The van der Waals surface area contributed by atoms with E-state index < -0.39 is 24.5 Å². The van der Waals surface area contributed by atoms with Crippen molar-refractivity contribution in [2.75, 3.05) is 30.3 Å². The molecule has 1 aliphatic heterocycles. The highest BCUT2D eigenvalue weighted by atomic mass is 19.3. The maximum atomic E-state index is 14.9. The molecule has 3 N–H and O–H groups in total. The van der Waals surface area contributed by atoms with E-state index in [0.717, 1.165) is 36.0 Å². The highest BCUT2D eigenvalue weighted by Gasteiger charge is 2.31. The second kappa shape index (κ2) is 9.55. The van der Waals surface area contributed by atoms with Gasteiger partial charge in [-0.25, -0.2) is 23.1 Å². The number of nitrogens with zero attached hydrogens (tertiary/aromatic N) is 4. The maximum Gasteiger partial charge on any atom is 0.270 e. The van der Waals surface area contributed by atoms with Crippen molar-refractivity contribution in [3.8, 4) is 0 Å². The number of imidazole rings is 1. The lowest BCUT2D eigenvalue weighted by atomic mass is 9.86. The second-order valence-corrected chi connectivity index (χ2v) is 8.91. The van der Waals surface area contributed by atoms with Crippen LogP contribution < -0.4 is 16.0 Å². The molecule has 1 amide bonds. The Morgan fingerprint density at radius 2 is 2.00 bits per heavy atom. The number of carbonyl (C=O) groups excluding carboxylic acids is 1. The molecule has 5 rings (SSSR count). The van der Waals surface area contributed by atoms with Gasteiger partial charge in [0.05, 0.1) is 19.3 Å². The minimum atomic E-state index is -2.64. The molecule has 0 unspecified atom stereocenters. The van der Waals surface area contributed by atoms with Crippen LogP contribution in [-0.2, 0) is 0 Å². The Hall–Kier alpha value is -3.63. The number of nitrogens with one attached hydrogen (secondary N) is 3. The van der Waals surface area contributed by atoms with Gasteiger partial charge in [0.15, 0.2) is 0 Å². The van der Waals surface area contributed by atoms with Crippen molar-refractivity contribution >= 4 is 28.9 Å². The van der Waals surface area contributed by atoms with Crippen LogP contribution in [0.2, 0.25) is 0 Å². The third-order valence-corrected chi connectivity index (χ3v) is 6.43. The van der Waals surface area contributed by atoms with Crippen LogP contribution in [-0.4, -0.2) is 57.0 Å². The second-order valence-electron chi connectivity index (χ2n) is 8.91. The molecule has 1 saturated carbocycles. The van der Waals surface area contributed by atoms with Crippen molar-refractivity contribution < 1.29 is 18.0 Å². The molecule has 8 nitrogen and oxygen atoms in total. The lowest BCUT2D eigenvalue weighted by Crippen LogP contribution is -2.34. The molecule has 1 aliphatic carbocycles. The lowest BCUT2D eigenvalue weighted by Gasteiger charge is -2.29. The van der Waals surface area contributed by atoms with Crippen molar-refractivity contribution in [1.82, 2.24) is 24.7 Å². The summed E-state index contributed by atoms with van der Waals surface area (Å²) in [6.07, 6.45) is 8.10. The Labute approximate surface area is 200 Å². The molecule has 11 heteroatoms. The van der Waals surface area contributed by atoms with Gasteiger partial charge in [0.2, 0.25) is 5.95 Å². The molecule has 0 saturated heterocycles. The van der Waals surface area contributed by atoms with Gasteiger partial charge < -0.3 is 16.0 Å². The zero-order valence-electron chi connectivity index (χ0n) is 19.0. The normalized spacial score (nSPS) is 17.0. The average Bonchev–Trinajstić information content (AvgIpc) is 3.29. The van der Waals surface area contributed by atoms with Crippen LogP contribution in [0.3, 0.4) is 0 Å². The van der Waals surface area contributed by atoms with Gasteiger partial charge in [-0.2, -0.15) is 4.98 Å². The monoisotopic (exact) mass is 485 g/mol. The van der Waals surface area contributed by atoms with E-state index >= 15 is 0 Å². The summed E-state index contributed by atoms with van der Waals surface area (Å²) in [5.41, 5.74) is 1.86. The van der Waals surface area contributed by atoms with Crippen LogP contribution in [0.4, 0.5) is 24.9 Å². The molecule has 0 atom stereocenters. The first-order chi connectivity index (χ1) is 16.9. The molecule has 2 aliphatic rings. The molecule has 0 spiro atoms. The number of hydrogen-bond acceptors (Lipinski definition) is 6. The summed E-state index contributed by atoms with van der Waals surface area (Å²) < 4.78 is 41.5. The number of anilines is 2. The van der Waals surface area contributed by atoms with Crippen LogP contribution in [0.15, 0.2) is 36.8 Å². The Balaban J connectivity index is 1.37. The molecule has 0 bridgehead atoms. The van der Waals surface area contributed by atoms with E-state index in [2.05, 4.69) is 30.9 Å². The molecular formula is C24H26F3N7O. The molecule has 184 valence electrons. The fourth-order valence-electron chi connectivity index (χ4n) is 4.60. The lowest BCUT2D eigenvalue weighted by molar-refractivity contribution is 0.0886. The van der Waals surface area contributed by atoms with Gasteiger partial charge in [0.1, 0.15) is 22.8 Å². The largest absolute Gasteiger partial charge is 0.366 e. The van der Waals surface area contributed by atoms with Gasteiger partial charge in [-0.1, -0.05) is 25.3 Å². The predicted octanol–water partition coefficient (Wildman–Crippen LogP) is 4.06. The standard InChI is InChI=1S/C24H26F3N7O/c25-19(26)12-30-22(35)18-11-29-20-5-4-15(13-34(18)20)16-6-9-28-21-17(16)10-31-23(33-21)32-14-24(27)7-2-1-3-8-24/h4-6,10-11,13,19H,1-3,7-9,12,14H2,(H,30,35)(H2,28,31,32,33). The Kier molecular flexibility index (Phi) is 6.31. The highest BCUT2D eigenvalue weighted by molar-refractivity contribution is 5.93. The number of halogens is 3. The molecule has 3 aromatic rings.